The molecule has 8 heteroatoms. The van der Waals surface area contributed by atoms with Gasteiger partial charge in [0.1, 0.15) is 17.6 Å². The molecule has 2 rings (SSSR count). The molecular weight excluding hydrogens is 276 g/mol. The highest BCUT2D eigenvalue weighted by atomic mass is 16.6. The molecule has 114 valence electrons. The lowest BCUT2D eigenvalue weighted by Gasteiger charge is -2.31. The van der Waals surface area contributed by atoms with Crippen LogP contribution < -0.4 is 5.32 Å². The van der Waals surface area contributed by atoms with E-state index in [1.807, 2.05) is 0 Å². The van der Waals surface area contributed by atoms with Gasteiger partial charge < -0.3 is 15.0 Å². The number of rotatable bonds is 4. The van der Waals surface area contributed by atoms with E-state index in [0.717, 1.165) is 19.0 Å². The second-order valence-electron chi connectivity index (χ2n) is 4.82. The average molecular weight is 294 g/mol. The molecule has 0 aliphatic carbocycles. The largest absolute Gasteiger partial charge is 0.381 e. The summed E-state index contributed by atoms with van der Waals surface area (Å²) < 4.78 is 5.26. The first-order valence-corrected chi connectivity index (χ1v) is 6.71. The van der Waals surface area contributed by atoms with Gasteiger partial charge in [0.25, 0.3) is 11.6 Å². The van der Waals surface area contributed by atoms with Crippen molar-refractivity contribution >= 4 is 17.4 Å². The van der Waals surface area contributed by atoms with Gasteiger partial charge in [-0.25, -0.2) is 4.98 Å². The summed E-state index contributed by atoms with van der Waals surface area (Å²) in [5.41, 5.74) is -0.205. The molecule has 1 aromatic heterocycles. The third kappa shape index (κ3) is 3.27. The highest BCUT2D eigenvalue weighted by Crippen LogP contribution is 2.24. The number of hydrogen-bond acceptors (Lipinski definition) is 6. The van der Waals surface area contributed by atoms with E-state index >= 15 is 0 Å². The number of methoxy groups -OCH3 is 1. The predicted octanol–water partition coefficient (Wildman–Crippen LogP) is 1.28. The number of nitrogens with zero attached hydrogens (tertiary/aromatic N) is 3. The minimum absolute atomic E-state index is 0.0650. The summed E-state index contributed by atoms with van der Waals surface area (Å²) in [4.78, 5) is 28.5. The molecule has 0 bridgehead atoms. The Morgan fingerprint density at radius 2 is 2.19 bits per heavy atom. The summed E-state index contributed by atoms with van der Waals surface area (Å²) in [5, 5.41) is 13.8. The molecule has 8 nitrogen and oxygen atoms in total. The van der Waals surface area contributed by atoms with E-state index in [9.17, 15) is 14.9 Å². The summed E-state index contributed by atoms with van der Waals surface area (Å²) in [5.74, 6) is 0.0888. The zero-order valence-electron chi connectivity index (χ0n) is 12.0. The van der Waals surface area contributed by atoms with Gasteiger partial charge in [0, 0.05) is 33.3 Å². The van der Waals surface area contributed by atoms with E-state index in [-0.39, 0.29) is 23.3 Å². The maximum Gasteiger partial charge on any atom is 0.300 e. The smallest absolute Gasteiger partial charge is 0.300 e. The first-order chi connectivity index (χ1) is 10.1. The number of hydrogen-bond donors (Lipinski definition) is 1. The van der Waals surface area contributed by atoms with Crippen LogP contribution >= 0.6 is 0 Å². The molecule has 0 saturated carbocycles. The van der Waals surface area contributed by atoms with Crippen molar-refractivity contribution in [3.8, 4) is 0 Å². The van der Waals surface area contributed by atoms with E-state index in [4.69, 9.17) is 4.74 Å². The van der Waals surface area contributed by atoms with E-state index in [0.29, 0.717) is 18.9 Å². The Balaban J connectivity index is 2.23. The van der Waals surface area contributed by atoms with Gasteiger partial charge >= 0.3 is 0 Å². The maximum atomic E-state index is 12.5. The summed E-state index contributed by atoms with van der Waals surface area (Å²) in [6.07, 6.45) is 2.73. The molecule has 1 N–H and O–H groups in total. The monoisotopic (exact) mass is 294 g/mol. The second-order valence-corrected chi connectivity index (χ2v) is 4.82. The standard InChI is InChI=1S/C13H18N4O4/c1-14-12-7-10(11(8-15-12)17(19)20)13(18)16-5-3-9(21-2)4-6-16/h7-9H,3-6H2,1-2H3,(H,14,15). The van der Waals surface area contributed by atoms with Crippen molar-refractivity contribution in [1.82, 2.24) is 9.88 Å². The summed E-state index contributed by atoms with van der Waals surface area (Å²) in [6, 6.07) is 1.42. The number of likely N-dealkylation sites (tertiary alicyclic amines) is 1. The third-order valence-corrected chi connectivity index (χ3v) is 3.63. The van der Waals surface area contributed by atoms with Crippen LogP contribution in [0.4, 0.5) is 11.5 Å². The highest BCUT2D eigenvalue weighted by molar-refractivity contribution is 5.98. The molecule has 0 unspecified atom stereocenters. The Bertz CT molecular complexity index is 541. The number of carbonyl (C=O) groups excluding carboxylic acids is 1. The summed E-state index contributed by atoms with van der Waals surface area (Å²) >= 11 is 0. The van der Waals surface area contributed by atoms with Crippen LogP contribution in [0.3, 0.4) is 0 Å². The summed E-state index contributed by atoms with van der Waals surface area (Å²) in [6.45, 7) is 1.07. The van der Waals surface area contributed by atoms with Gasteiger partial charge in [-0.05, 0) is 12.8 Å². The fourth-order valence-electron chi connectivity index (χ4n) is 2.37. The van der Waals surface area contributed by atoms with Crippen molar-refractivity contribution in [3.05, 3.63) is 27.9 Å². The Morgan fingerprint density at radius 1 is 1.52 bits per heavy atom. The average Bonchev–Trinajstić information content (AvgIpc) is 2.53. The summed E-state index contributed by atoms with van der Waals surface area (Å²) in [7, 11) is 3.29. The van der Waals surface area contributed by atoms with Gasteiger partial charge in [0.05, 0.1) is 11.0 Å². The number of amides is 1. The van der Waals surface area contributed by atoms with Gasteiger partial charge in [-0.3, -0.25) is 14.9 Å². The van der Waals surface area contributed by atoms with Gasteiger partial charge in [-0.1, -0.05) is 0 Å². The number of nitro groups is 1. The van der Waals surface area contributed by atoms with Crippen LogP contribution in [0.25, 0.3) is 0 Å². The molecule has 0 spiro atoms. The minimum atomic E-state index is -0.582. The van der Waals surface area contributed by atoms with Gasteiger partial charge in [0.15, 0.2) is 0 Å². The van der Waals surface area contributed by atoms with Crippen LogP contribution in [0, 0.1) is 10.1 Å². The van der Waals surface area contributed by atoms with E-state index in [1.54, 1.807) is 19.1 Å². The van der Waals surface area contributed by atoms with Crippen molar-refractivity contribution in [2.45, 2.75) is 18.9 Å². The lowest BCUT2D eigenvalue weighted by Crippen LogP contribution is -2.40. The Morgan fingerprint density at radius 3 is 2.71 bits per heavy atom. The van der Waals surface area contributed by atoms with Crippen molar-refractivity contribution < 1.29 is 14.5 Å². The number of ether oxygens (including phenoxy) is 1. The first-order valence-electron chi connectivity index (χ1n) is 6.71. The fraction of sp³-hybridized carbons (Fsp3) is 0.538. The lowest BCUT2D eigenvalue weighted by molar-refractivity contribution is -0.385. The SMILES string of the molecule is CNc1cc(C(=O)N2CCC(OC)CC2)c([N+](=O)[O-])cn1. The highest BCUT2D eigenvalue weighted by Gasteiger charge is 2.28. The number of aromatic nitrogens is 1. The van der Waals surface area contributed by atoms with Crippen LogP contribution in [-0.2, 0) is 4.74 Å². The normalized spacial score (nSPS) is 15.8. The lowest BCUT2D eigenvalue weighted by atomic mass is 10.1. The van der Waals surface area contributed by atoms with Crippen LogP contribution in [0.2, 0.25) is 0 Å². The van der Waals surface area contributed by atoms with Crippen LogP contribution in [0.15, 0.2) is 12.3 Å². The van der Waals surface area contributed by atoms with Crippen molar-refractivity contribution in [3.63, 3.8) is 0 Å². The molecule has 21 heavy (non-hydrogen) atoms. The quantitative estimate of drug-likeness (QED) is 0.663. The minimum Gasteiger partial charge on any atom is -0.381 e. The predicted molar refractivity (Wildman–Crippen MR) is 76.4 cm³/mol. The number of piperidine rings is 1. The van der Waals surface area contributed by atoms with Crippen LogP contribution in [0.1, 0.15) is 23.2 Å². The third-order valence-electron chi connectivity index (χ3n) is 3.63. The van der Waals surface area contributed by atoms with Crippen molar-refractivity contribution in [1.29, 1.82) is 0 Å². The molecule has 1 aliphatic rings. The topological polar surface area (TPSA) is 97.6 Å². The molecule has 1 fully saturated rings. The fourth-order valence-corrected chi connectivity index (χ4v) is 2.37. The molecule has 0 atom stereocenters. The molecular formula is C13H18N4O4. The van der Waals surface area contributed by atoms with Gasteiger partial charge in [-0.15, -0.1) is 0 Å². The van der Waals surface area contributed by atoms with Crippen molar-refractivity contribution in [2.24, 2.45) is 0 Å². The van der Waals surface area contributed by atoms with Crippen LogP contribution in [-0.4, -0.2) is 54.1 Å². The Labute approximate surface area is 122 Å². The van der Waals surface area contributed by atoms with Gasteiger partial charge in [0.2, 0.25) is 0 Å². The molecule has 0 radical (unpaired) electrons. The van der Waals surface area contributed by atoms with Gasteiger partial charge in [-0.2, -0.15) is 0 Å². The van der Waals surface area contributed by atoms with Crippen molar-refractivity contribution in [2.75, 3.05) is 32.6 Å². The van der Waals surface area contributed by atoms with Crippen LogP contribution in [0.5, 0.6) is 0 Å². The zero-order valence-corrected chi connectivity index (χ0v) is 12.0. The number of anilines is 1. The number of nitrogens with one attached hydrogen (secondary N) is 1. The first kappa shape index (κ1) is 15.2. The maximum absolute atomic E-state index is 12.5. The zero-order chi connectivity index (χ0) is 15.4. The molecule has 0 aromatic carbocycles. The van der Waals surface area contributed by atoms with E-state index in [2.05, 4.69) is 10.3 Å². The molecule has 1 amide bonds. The Kier molecular flexibility index (Phi) is 4.69. The van der Waals surface area contributed by atoms with E-state index < -0.39 is 4.92 Å². The molecule has 1 saturated heterocycles. The Hall–Kier alpha value is -2.22. The second kappa shape index (κ2) is 6.49. The molecule has 1 aromatic rings. The molecule has 2 heterocycles. The number of pyridine rings is 1. The molecule has 1 aliphatic heterocycles. The number of carbonyl (C=O) groups is 1. The van der Waals surface area contributed by atoms with E-state index in [1.165, 1.54) is 6.07 Å².